The molecule has 0 amide bonds. The number of carbonyl (C=O) groups excluding carboxylic acids is 1. The maximum atomic E-state index is 11.2. The SMILES string of the molecule is CN=C(NCc1cn(CC(=O)OC)nn1)N(C)CC1CCC(C)CC1.I. The number of ether oxygens (including phenoxy) is 1. The number of carbonyl (C=O) groups is 1. The summed E-state index contributed by atoms with van der Waals surface area (Å²) < 4.78 is 6.09. The van der Waals surface area contributed by atoms with Gasteiger partial charge in [-0.3, -0.25) is 9.79 Å². The van der Waals surface area contributed by atoms with Crippen LogP contribution in [0.4, 0.5) is 0 Å². The first-order valence-electron chi connectivity index (χ1n) is 8.89. The van der Waals surface area contributed by atoms with Crippen molar-refractivity contribution in [1.82, 2.24) is 25.2 Å². The number of hydrogen-bond donors (Lipinski definition) is 1. The minimum absolute atomic E-state index is 0. The molecule has 0 radical (unpaired) electrons. The number of nitrogens with zero attached hydrogens (tertiary/aromatic N) is 5. The van der Waals surface area contributed by atoms with E-state index in [1.807, 2.05) is 0 Å². The van der Waals surface area contributed by atoms with Gasteiger partial charge in [0.2, 0.25) is 0 Å². The highest BCUT2D eigenvalue weighted by atomic mass is 127. The zero-order valence-corrected chi connectivity index (χ0v) is 18.5. The molecule has 0 bridgehead atoms. The number of hydrogen-bond acceptors (Lipinski definition) is 5. The summed E-state index contributed by atoms with van der Waals surface area (Å²) >= 11 is 0. The average molecular weight is 478 g/mol. The summed E-state index contributed by atoms with van der Waals surface area (Å²) in [5, 5.41) is 11.3. The van der Waals surface area contributed by atoms with Crippen LogP contribution in [-0.2, 0) is 22.6 Å². The van der Waals surface area contributed by atoms with Crippen molar-refractivity contribution in [3.8, 4) is 0 Å². The minimum atomic E-state index is -0.346. The standard InChI is InChI=1S/C17H30N6O2.HI/c1-13-5-7-14(8-6-13)10-22(3)17(18-2)19-9-15-11-23(21-20-15)12-16(24)25-4;/h11,13-14H,5-10,12H2,1-4H3,(H,18,19);1H. The van der Waals surface area contributed by atoms with E-state index in [0.29, 0.717) is 6.54 Å². The molecule has 1 aromatic heterocycles. The predicted molar refractivity (Wildman–Crippen MR) is 111 cm³/mol. The van der Waals surface area contributed by atoms with Crippen molar-refractivity contribution in [2.24, 2.45) is 16.8 Å². The van der Waals surface area contributed by atoms with Crippen molar-refractivity contribution in [2.75, 3.05) is 27.7 Å². The number of aliphatic imine (C=N–C) groups is 1. The molecule has 0 spiro atoms. The molecule has 1 aliphatic rings. The molecule has 1 fully saturated rings. The van der Waals surface area contributed by atoms with Gasteiger partial charge >= 0.3 is 5.97 Å². The summed E-state index contributed by atoms with van der Waals surface area (Å²) in [5.74, 6) is 2.11. The number of esters is 1. The monoisotopic (exact) mass is 478 g/mol. The summed E-state index contributed by atoms with van der Waals surface area (Å²) in [7, 11) is 5.21. The van der Waals surface area contributed by atoms with Crippen molar-refractivity contribution < 1.29 is 9.53 Å². The first-order valence-corrected chi connectivity index (χ1v) is 8.89. The maximum absolute atomic E-state index is 11.2. The molecule has 1 aromatic rings. The van der Waals surface area contributed by atoms with Crippen LogP contribution in [0.1, 0.15) is 38.3 Å². The minimum Gasteiger partial charge on any atom is -0.468 e. The van der Waals surface area contributed by atoms with Crippen molar-refractivity contribution in [3.05, 3.63) is 11.9 Å². The largest absolute Gasteiger partial charge is 0.468 e. The normalized spacial score (nSPS) is 20.2. The third kappa shape index (κ3) is 7.08. The Balaban J connectivity index is 0.00000338. The molecule has 0 aliphatic heterocycles. The second kappa shape index (κ2) is 11.3. The van der Waals surface area contributed by atoms with Gasteiger partial charge in [-0.05, 0) is 24.7 Å². The maximum Gasteiger partial charge on any atom is 0.327 e. The molecule has 0 unspecified atom stereocenters. The van der Waals surface area contributed by atoms with Gasteiger partial charge in [-0.2, -0.15) is 0 Å². The van der Waals surface area contributed by atoms with Crippen LogP contribution >= 0.6 is 24.0 Å². The van der Waals surface area contributed by atoms with Crippen LogP contribution in [0.5, 0.6) is 0 Å². The first kappa shape index (κ1) is 22.7. The molecule has 1 aliphatic carbocycles. The molecule has 1 N–H and O–H groups in total. The van der Waals surface area contributed by atoms with Crippen LogP contribution in [0.3, 0.4) is 0 Å². The molecular weight excluding hydrogens is 447 g/mol. The number of nitrogens with one attached hydrogen (secondary N) is 1. The van der Waals surface area contributed by atoms with Gasteiger partial charge in [-0.15, -0.1) is 29.1 Å². The topological polar surface area (TPSA) is 84.6 Å². The van der Waals surface area contributed by atoms with Crippen molar-refractivity contribution in [2.45, 2.75) is 45.7 Å². The highest BCUT2D eigenvalue weighted by Crippen LogP contribution is 2.28. The molecule has 0 atom stereocenters. The molecule has 1 heterocycles. The third-order valence-corrected chi connectivity index (χ3v) is 4.77. The van der Waals surface area contributed by atoms with Crippen LogP contribution in [-0.4, -0.2) is 59.6 Å². The highest BCUT2D eigenvalue weighted by Gasteiger charge is 2.20. The smallest absolute Gasteiger partial charge is 0.327 e. The zero-order valence-electron chi connectivity index (χ0n) is 16.1. The van der Waals surface area contributed by atoms with Crippen molar-refractivity contribution >= 4 is 35.9 Å². The second-order valence-corrected chi connectivity index (χ2v) is 6.89. The number of rotatable bonds is 6. The van der Waals surface area contributed by atoms with E-state index in [2.05, 4.69) is 44.2 Å². The van der Waals surface area contributed by atoms with Crippen LogP contribution in [0.25, 0.3) is 0 Å². The van der Waals surface area contributed by atoms with Gasteiger partial charge in [0.15, 0.2) is 5.96 Å². The van der Waals surface area contributed by atoms with E-state index >= 15 is 0 Å². The zero-order chi connectivity index (χ0) is 18.2. The molecule has 0 aromatic carbocycles. The van der Waals surface area contributed by atoms with Crippen molar-refractivity contribution in [1.29, 1.82) is 0 Å². The van der Waals surface area contributed by atoms with E-state index in [-0.39, 0.29) is 36.5 Å². The summed E-state index contributed by atoms with van der Waals surface area (Å²) in [6.07, 6.45) is 6.98. The quantitative estimate of drug-likeness (QED) is 0.291. The number of aromatic nitrogens is 3. The van der Waals surface area contributed by atoms with Gasteiger partial charge < -0.3 is 15.0 Å². The Labute approximate surface area is 172 Å². The first-order chi connectivity index (χ1) is 12.0. The molecule has 148 valence electrons. The molecule has 1 saturated carbocycles. The fourth-order valence-corrected chi connectivity index (χ4v) is 3.23. The van der Waals surface area contributed by atoms with E-state index in [1.54, 1.807) is 13.2 Å². The van der Waals surface area contributed by atoms with E-state index in [4.69, 9.17) is 0 Å². The molecule has 9 heteroatoms. The Morgan fingerprint density at radius 1 is 1.42 bits per heavy atom. The molecular formula is C17H31IN6O2. The lowest BCUT2D eigenvalue weighted by Crippen LogP contribution is -2.41. The van der Waals surface area contributed by atoms with Gasteiger partial charge in [0, 0.05) is 20.6 Å². The second-order valence-electron chi connectivity index (χ2n) is 6.89. The summed E-state index contributed by atoms with van der Waals surface area (Å²) in [6, 6.07) is 0. The average Bonchev–Trinajstić information content (AvgIpc) is 3.04. The fraction of sp³-hybridized carbons (Fsp3) is 0.765. The van der Waals surface area contributed by atoms with E-state index in [0.717, 1.165) is 30.0 Å². The van der Waals surface area contributed by atoms with E-state index < -0.39 is 0 Å². The number of methoxy groups -OCH3 is 1. The Morgan fingerprint density at radius 3 is 2.73 bits per heavy atom. The molecule has 0 saturated heterocycles. The fourth-order valence-electron chi connectivity index (χ4n) is 3.23. The Morgan fingerprint density at radius 2 is 2.12 bits per heavy atom. The Bertz CT molecular complexity index is 584. The lowest BCUT2D eigenvalue weighted by atomic mass is 9.83. The Kier molecular flexibility index (Phi) is 9.89. The molecule has 8 nitrogen and oxygen atoms in total. The number of halogens is 1. The van der Waals surface area contributed by atoms with Gasteiger partial charge in [0.05, 0.1) is 19.9 Å². The summed E-state index contributed by atoms with van der Waals surface area (Å²) in [4.78, 5) is 17.8. The summed E-state index contributed by atoms with van der Waals surface area (Å²) in [5.41, 5.74) is 0.755. The van der Waals surface area contributed by atoms with Crippen LogP contribution in [0.2, 0.25) is 0 Å². The Hall–Kier alpha value is -1.39. The van der Waals surface area contributed by atoms with Gasteiger partial charge in [0.25, 0.3) is 0 Å². The number of guanidine groups is 1. The molecule has 2 rings (SSSR count). The van der Waals surface area contributed by atoms with Gasteiger partial charge in [0.1, 0.15) is 12.2 Å². The van der Waals surface area contributed by atoms with Crippen molar-refractivity contribution in [3.63, 3.8) is 0 Å². The van der Waals surface area contributed by atoms with E-state index in [9.17, 15) is 4.79 Å². The predicted octanol–water partition coefficient (Wildman–Crippen LogP) is 1.90. The highest BCUT2D eigenvalue weighted by molar-refractivity contribution is 14.0. The van der Waals surface area contributed by atoms with Crippen LogP contribution in [0, 0.1) is 11.8 Å². The summed E-state index contributed by atoms with van der Waals surface area (Å²) in [6.45, 7) is 3.94. The van der Waals surface area contributed by atoms with E-state index in [1.165, 1.54) is 37.5 Å². The third-order valence-electron chi connectivity index (χ3n) is 4.77. The molecule has 26 heavy (non-hydrogen) atoms. The van der Waals surface area contributed by atoms with Gasteiger partial charge in [-0.1, -0.05) is 25.0 Å². The lowest BCUT2D eigenvalue weighted by Gasteiger charge is -2.31. The lowest BCUT2D eigenvalue weighted by molar-refractivity contribution is -0.141. The van der Waals surface area contributed by atoms with Gasteiger partial charge in [-0.25, -0.2) is 4.68 Å². The van der Waals surface area contributed by atoms with Crippen LogP contribution in [0.15, 0.2) is 11.2 Å². The van der Waals surface area contributed by atoms with Crippen LogP contribution < -0.4 is 5.32 Å².